The van der Waals surface area contributed by atoms with Crippen LogP contribution in [0.4, 0.5) is 9.59 Å². The number of fused-ring (bicyclic) bond motifs is 4. The predicted octanol–water partition coefficient (Wildman–Crippen LogP) is 6.89. The number of alkyl carbamates (subject to hydrolysis) is 2. The van der Waals surface area contributed by atoms with E-state index >= 15 is 0 Å². The highest BCUT2D eigenvalue weighted by atomic mass is 16.5. The monoisotopic (exact) mass is 874 g/mol. The number of likely N-dealkylation sites (tertiary alicyclic amines) is 2. The van der Waals surface area contributed by atoms with Crippen LogP contribution in [-0.2, 0) is 28.5 Å². The first kappa shape index (κ1) is 43.3. The Balaban J connectivity index is 0.947. The Morgan fingerprint density at radius 3 is 2.20 bits per heavy atom. The Kier molecular flexibility index (Phi) is 11.8. The van der Waals surface area contributed by atoms with Gasteiger partial charge in [0, 0.05) is 29.9 Å². The van der Waals surface area contributed by atoms with Gasteiger partial charge in [-0.3, -0.25) is 9.59 Å². The van der Waals surface area contributed by atoms with Crippen molar-refractivity contribution in [2.24, 2.45) is 23.2 Å². The van der Waals surface area contributed by atoms with Crippen molar-refractivity contribution in [3.63, 3.8) is 0 Å². The number of benzene rings is 3. The van der Waals surface area contributed by atoms with Gasteiger partial charge in [-0.15, -0.1) is 0 Å². The molecule has 1 spiro atoms. The van der Waals surface area contributed by atoms with Gasteiger partial charge < -0.3 is 49.3 Å². The molecule has 0 unspecified atom stereocenters. The first-order valence-corrected chi connectivity index (χ1v) is 22.4. The van der Waals surface area contributed by atoms with E-state index in [0.717, 1.165) is 69.5 Å². The van der Waals surface area contributed by atoms with Gasteiger partial charge in [-0.05, 0) is 71.7 Å². The molecule has 338 valence electrons. The lowest BCUT2D eigenvalue weighted by Gasteiger charge is -2.33. The molecule has 4 N–H and O–H groups in total. The fourth-order valence-electron chi connectivity index (χ4n) is 10.4. The summed E-state index contributed by atoms with van der Waals surface area (Å²) >= 11 is 0. The molecule has 0 aliphatic carbocycles. The van der Waals surface area contributed by atoms with Crippen molar-refractivity contribution in [3.8, 4) is 22.4 Å². The number of nitrogens with zero attached hydrogens (tertiary/aromatic N) is 4. The van der Waals surface area contributed by atoms with Gasteiger partial charge in [0.15, 0.2) is 0 Å². The molecule has 4 amide bonds. The highest BCUT2D eigenvalue weighted by Crippen LogP contribution is 2.48. The Morgan fingerprint density at radius 1 is 0.812 bits per heavy atom. The van der Waals surface area contributed by atoms with Crippen LogP contribution in [0.1, 0.15) is 77.1 Å². The summed E-state index contributed by atoms with van der Waals surface area (Å²) < 4.78 is 21.5. The summed E-state index contributed by atoms with van der Waals surface area (Å²) in [6.45, 7) is 10.5. The maximum atomic E-state index is 14.2. The van der Waals surface area contributed by atoms with Crippen molar-refractivity contribution in [2.45, 2.75) is 83.6 Å². The molecule has 2 aromatic heterocycles. The molecule has 0 bridgehead atoms. The Morgan fingerprint density at radius 2 is 1.52 bits per heavy atom. The van der Waals surface area contributed by atoms with Gasteiger partial charge in [-0.2, -0.15) is 0 Å². The molecule has 5 aromatic rings. The second-order valence-corrected chi connectivity index (χ2v) is 18.7. The molecular weight excluding hydrogens is 817 g/mol. The maximum Gasteiger partial charge on any atom is 0.407 e. The number of ether oxygens (including phenoxy) is 4. The molecule has 64 heavy (non-hydrogen) atoms. The first-order chi connectivity index (χ1) is 30.9. The Hall–Kier alpha value is -6.00. The van der Waals surface area contributed by atoms with E-state index in [1.165, 1.54) is 14.2 Å². The van der Waals surface area contributed by atoms with E-state index in [1.807, 2.05) is 49.8 Å². The molecule has 9 rings (SSSR count). The number of aromatic nitrogens is 4. The maximum absolute atomic E-state index is 14.2. The second-order valence-electron chi connectivity index (χ2n) is 18.7. The van der Waals surface area contributed by atoms with E-state index in [1.54, 1.807) is 0 Å². The van der Waals surface area contributed by atoms with Crippen molar-refractivity contribution in [1.82, 2.24) is 40.4 Å². The Bertz CT molecular complexity index is 2550. The van der Waals surface area contributed by atoms with Gasteiger partial charge in [-0.1, -0.05) is 70.2 Å². The van der Waals surface area contributed by atoms with Crippen molar-refractivity contribution >= 4 is 45.8 Å². The zero-order valence-corrected chi connectivity index (χ0v) is 37.3. The molecule has 0 saturated carbocycles. The number of hydrogen-bond acceptors (Lipinski definition) is 10. The van der Waals surface area contributed by atoms with Crippen LogP contribution in [0.25, 0.3) is 44.2 Å². The Labute approximate surface area is 372 Å². The summed E-state index contributed by atoms with van der Waals surface area (Å²) in [7, 11) is 2.59. The number of amides is 4. The minimum Gasteiger partial charge on any atom is -0.453 e. The molecule has 4 saturated heterocycles. The van der Waals surface area contributed by atoms with Gasteiger partial charge >= 0.3 is 12.2 Å². The molecule has 6 heterocycles. The summed E-state index contributed by atoms with van der Waals surface area (Å²) in [6.07, 6.45) is 3.86. The highest BCUT2D eigenvalue weighted by Gasteiger charge is 2.51. The average Bonchev–Trinajstić information content (AvgIpc) is 4.15. The van der Waals surface area contributed by atoms with Crippen LogP contribution in [0.2, 0.25) is 0 Å². The number of carbonyl (C=O) groups excluding carboxylic acids is 4. The molecule has 0 radical (unpaired) electrons. The van der Waals surface area contributed by atoms with Crippen LogP contribution in [0.3, 0.4) is 0 Å². The molecule has 16 heteroatoms. The summed E-state index contributed by atoms with van der Waals surface area (Å²) in [4.78, 5) is 73.7. The third-order valence-corrected chi connectivity index (χ3v) is 13.9. The van der Waals surface area contributed by atoms with Crippen LogP contribution in [-0.4, -0.2) is 119 Å². The average molecular weight is 875 g/mol. The van der Waals surface area contributed by atoms with Crippen LogP contribution < -0.4 is 10.6 Å². The lowest BCUT2D eigenvalue weighted by Crippen LogP contribution is -2.53. The van der Waals surface area contributed by atoms with E-state index in [2.05, 4.69) is 69.1 Å². The number of rotatable bonds is 10. The van der Waals surface area contributed by atoms with E-state index < -0.39 is 24.3 Å². The number of nitrogens with one attached hydrogen (secondary N) is 4. The summed E-state index contributed by atoms with van der Waals surface area (Å²) in [5.74, 6) is 0.970. The normalized spacial score (nSPS) is 24.1. The number of aromatic amines is 2. The zero-order valence-electron chi connectivity index (χ0n) is 37.3. The zero-order chi connectivity index (χ0) is 44.9. The van der Waals surface area contributed by atoms with E-state index in [0.29, 0.717) is 45.0 Å². The molecule has 4 fully saturated rings. The van der Waals surface area contributed by atoms with E-state index in [4.69, 9.17) is 28.9 Å². The lowest BCUT2D eigenvalue weighted by molar-refractivity contribution is -0.138. The van der Waals surface area contributed by atoms with Crippen molar-refractivity contribution in [3.05, 3.63) is 72.4 Å². The second kappa shape index (κ2) is 17.5. The standard InChI is InChI=1S/C48H58N8O8/c1-26(2)39(53-46(59)61-5)44(57)55-24-48(16-7-17-63-25-48)20-37(55)42-49-21-35(51-42)29-10-8-28(9-11-29)30-12-14-33-31(18-30)13-15-34-41(33)52-43(50-34)36-19-32-22-64-23-38(32)56(36)45(58)40(27(3)4)54-47(60)62-6/h8-15,18,21,26-27,32,36-40H,7,16-17,19-20,22-25H2,1-6H3,(H,49,51)(H,50,52)(H,53,59)(H,54,60)/t32-,36+,37+,38+,39+,40+,48+/m1/s1. The fourth-order valence-corrected chi connectivity index (χ4v) is 10.4. The van der Waals surface area contributed by atoms with Crippen LogP contribution in [0.15, 0.2) is 60.8 Å². The number of methoxy groups -OCH3 is 2. The van der Waals surface area contributed by atoms with E-state index in [9.17, 15) is 19.2 Å². The lowest BCUT2D eigenvalue weighted by atomic mass is 9.80. The van der Waals surface area contributed by atoms with Crippen LogP contribution in [0.5, 0.6) is 0 Å². The molecular formula is C48H58N8O8. The topological polar surface area (TPSA) is 193 Å². The predicted molar refractivity (Wildman–Crippen MR) is 239 cm³/mol. The van der Waals surface area contributed by atoms with Crippen molar-refractivity contribution in [2.75, 3.05) is 47.2 Å². The van der Waals surface area contributed by atoms with Gasteiger partial charge in [0.25, 0.3) is 0 Å². The van der Waals surface area contributed by atoms with Crippen LogP contribution in [0, 0.1) is 23.2 Å². The number of carbonyl (C=O) groups is 4. The largest absolute Gasteiger partial charge is 0.453 e. The van der Waals surface area contributed by atoms with Gasteiger partial charge in [-0.25, -0.2) is 19.6 Å². The smallest absolute Gasteiger partial charge is 0.407 e. The first-order valence-electron chi connectivity index (χ1n) is 22.4. The van der Waals surface area contributed by atoms with Crippen LogP contribution >= 0.6 is 0 Å². The summed E-state index contributed by atoms with van der Waals surface area (Å²) in [5, 5.41) is 7.55. The van der Waals surface area contributed by atoms with Gasteiger partial charge in [0.05, 0.1) is 75.1 Å². The van der Waals surface area contributed by atoms with E-state index in [-0.39, 0.29) is 53.1 Å². The number of imidazole rings is 2. The van der Waals surface area contributed by atoms with Gasteiger partial charge in [0.2, 0.25) is 11.8 Å². The number of hydrogen-bond donors (Lipinski definition) is 4. The summed E-state index contributed by atoms with van der Waals surface area (Å²) in [6, 6.07) is 16.6. The quantitative estimate of drug-likeness (QED) is 0.115. The molecule has 4 aliphatic rings. The van der Waals surface area contributed by atoms with Crippen molar-refractivity contribution < 1.29 is 38.1 Å². The SMILES string of the molecule is COC(=O)N[C@H](C(=O)N1C[C@]2(CCCOC2)C[C@H]1c1ncc(-c2ccc(-c3ccc4c(ccc5[nH]c([C@@H]6C[C@@H]7COC[C@@H]7N6C(=O)[C@@H](NC(=O)OC)C(C)C)nc54)c3)cc2)[nH]1)C(C)C. The highest BCUT2D eigenvalue weighted by molar-refractivity contribution is 6.05. The number of H-pyrrole nitrogens is 2. The van der Waals surface area contributed by atoms with Gasteiger partial charge in [0.1, 0.15) is 23.7 Å². The molecule has 7 atom stereocenters. The molecule has 3 aromatic carbocycles. The molecule has 4 aliphatic heterocycles. The van der Waals surface area contributed by atoms with Crippen molar-refractivity contribution in [1.29, 1.82) is 0 Å². The minimum atomic E-state index is -0.754. The fraction of sp³-hybridized carbons (Fsp3) is 0.500. The minimum absolute atomic E-state index is 0.106. The molecule has 16 nitrogen and oxygen atoms in total. The third-order valence-electron chi connectivity index (χ3n) is 13.9. The third kappa shape index (κ3) is 8.06. The summed E-state index contributed by atoms with van der Waals surface area (Å²) in [5.41, 5.74) is 5.45.